The number of esters is 1. The van der Waals surface area contributed by atoms with Crippen molar-refractivity contribution in [2.24, 2.45) is 0 Å². The van der Waals surface area contributed by atoms with Gasteiger partial charge in [-0.1, -0.05) is 36.2 Å². The minimum absolute atomic E-state index is 0.331. The Kier molecular flexibility index (Phi) is 6.90. The Hall–Kier alpha value is -2.32. The van der Waals surface area contributed by atoms with Gasteiger partial charge in [-0.05, 0) is 36.9 Å². The number of benzene rings is 2. The van der Waals surface area contributed by atoms with Crippen LogP contribution in [-0.2, 0) is 4.74 Å². The van der Waals surface area contributed by atoms with Crippen molar-refractivity contribution in [2.75, 3.05) is 50.1 Å². The van der Waals surface area contributed by atoms with Gasteiger partial charge in [0.05, 0.1) is 29.1 Å². The van der Waals surface area contributed by atoms with Crippen LogP contribution in [0.4, 0.5) is 11.4 Å². The Morgan fingerprint density at radius 3 is 2.53 bits per heavy atom. The molecule has 0 spiro atoms. The van der Waals surface area contributed by atoms with Crippen LogP contribution in [0, 0.1) is 0 Å². The number of nitrogens with zero attached hydrogens (tertiary/aromatic N) is 2. The first-order valence-electron chi connectivity index (χ1n) is 10.3. The molecule has 3 aromatic rings. The lowest BCUT2D eigenvalue weighted by atomic mass is 10.1. The number of thiophene rings is 1. The van der Waals surface area contributed by atoms with Gasteiger partial charge in [-0.15, -0.1) is 11.3 Å². The van der Waals surface area contributed by atoms with Crippen molar-refractivity contribution in [2.45, 2.75) is 6.92 Å². The summed E-state index contributed by atoms with van der Waals surface area (Å²) >= 11 is 13.9. The van der Waals surface area contributed by atoms with E-state index in [0.717, 1.165) is 48.5 Å². The van der Waals surface area contributed by atoms with Gasteiger partial charge in [0.2, 0.25) is 0 Å². The van der Waals surface area contributed by atoms with E-state index in [9.17, 15) is 9.59 Å². The molecule has 1 aliphatic rings. The first-order valence-corrected chi connectivity index (χ1v) is 11.9. The van der Waals surface area contributed by atoms with Crippen molar-refractivity contribution in [3.63, 3.8) is 0 Å². The van der Waals surface area contributed by atoms with Gasteiger partial charge < -0.3 is 19.9 Å². The fraction of sp³-hybridized carbons (Fsp3) is 0.304. The van der Waals surface area contributed by atoms with E-state index in [2.05, 4.69) is 22.0 Å². The zero-order valence-corrected chi connectivity index (χ0v) is 20.1. The third-order valence-electron chi connectivity index (χ3n) is 5.62. The van der Waals surface area contributed by atoms with Crippen molar-refractivity contribution in [1.82, 2.24) is 4.90 Å². The average Bonchev–Trinajstić information content (AvgIpc) is 3.14. The summed E-state index contributed by atoms with van der Waals surface area (Å²) in [6.45, 7) is 6.69. The molecule has 2 aromatic carbocycles. The molecule has 6 nitrogen and oxygen atoms in total. The van der Waals surface area contributed by atoms with Gasteiger partial charge in [-0.3, -0.25) is 4.79 Å². The van der Waals surface area contributed by atoms with E-state index in [-0.39, 0.29) is 5.91 Å². The Balaban J connectivity index is 1.67. The normalized spacial score (nSPS) is 14.6. The Bertz CT molecular complexity index is 1170. The van der Waals surface area contributed by atoms with Crippen LogP contribution in [0.3, 0.4) is 0 Å². The fourth-order valence-corrected chi connectivity index (χ4v) is 5.51. The van der Waals surface area contributed by atoms with Crippen LogP contribution in [-0.4, -0.2) is 56.6 Å². The first kappa shape index (κ1) is 22.9. The van der Waals surface area contributed by atoms with Gasteiger partial charge in [-0.2, -0.15) is 0 Å². The second-order valence-corrected chi connectivity index (χ2v) is 9.35. The monoisotopic (exact) mass is 491 g/mol. The topological polar surface area (TPSA) is 61.9 Å². The molecular formula is C23H23Cl2N3O3S. The van der Waals surface area contributed by atoms with E-state index in [1.165, 1.54) is 18.4 Å². The predicted molar refractivity (Wildman–Crippen MR) is 132 cm³/mol. The smallest absolute Gasteiger partial charge is 0.337 e. The number of fused-ring (bicyclic) bond motifs is 1. The lowest BCUT2D eigenvalue weighted by molar-refractivity contribution is 0.0600. The zero-order chi connectivity index (χ0) is 22.8. The van der Waals surface area contributed by atoms with Gasteiger partial charge >= 0.3 is 5.97 Å². The molecule has 1 amide bonds. The van der Waals surface area contributed by atoms with Crippen molar-refractivity contribution in [3.05, 3.63) is 56.9 Å². The van der Waals surface area contributed by atoms with E-state index >= 15 is 0 Å². The lowest BCUT2D eigenvalue weighted by Gasteiger charge is -2.36. The summed E-state index contributed by atoms with van der Waals surface area (Å²) in [5, 5.41) is 4.73. The van der Waals surface area contributed by atoms with Gasteiger partial charge in [0.25, 0.3) is 5.91 Å². The Labute approximate surface area is 200 Å². The average molecular weight is 492 g/mol. The van der Waals surface area contributed by atoms with Crippen LogP contribution in [0.5, 0.6) is 0 Å². The maximum Gasteiger partial charge on any atom is 0.337 e. The molecule has 1 fully saturated rings. The maximum absolute atomic E-state index is 13.2. The number of anilines is 2. The highest BCUT2D eigenvalue weighted by Gasteiger charge is 2.23. The highest BCUT2D eigenvalue weighted by atomic mass is 35.5. The number of likely N-dealkylation sites (N-methyl/N-ethyl adjacent to an activating group) is 1. The molecule has 1 N–H and O–H groups in total. The second-order valence-electron chi connectivity index (χ2n) is 7.48. The number of methoxy groups -OCH3 is 1. The number of carbonyl (C=O) groups excluding carboxylic acids is 2. The van der Waals surface area contributed by atoms with Crippen molar-refractivity contribution in [1.29, 1.82) is 0 Å². The molecule has 168 valence electrons. The van der Waals surface area contributed by atoms with Crippen molar-refractivity contribution < 1.29 is 14.3 Å². The quantitative estimate of drug-likeness (QED) is 0.484. The third kappa shape index (κ3) is 4.57. The molecule has 0 saturated carbocycles. The summed E-state index contributed by atoms with van der Waals surface area (Å²) in [7, 11) is 1.33. The van der Waals surface area contributed by atoms with Crippen LogP contribution < -0.4 is 10.2 Å². The number of ether oxygens (including phenoxy) is 1. The van der Waals surface area contributed by atoms with Gasteiger partial charge in [-0.25, -0.2) is 4.79 Å². The standard InChI is InChI=1S/C23H23Cl2N3O3S/c1-3-27-8-10-28(11-9-27)18-7-4-14(23(30)31-2)12-17(18)26-22(29)21-20(25)16-6-5-15(24)13-19(16)32-21/h4-7,12-13H,3,8-11H2,1-2H3,(H,26,29). The van der Waals surface area contributed by atoms with Gasteiger partial charge in [0.1, 0.15) is 4.88 Å². The summed E-state index contributed by atoms with van der Waals surface area (Å²) in [5.74, 6) is -0.792. The summed E-state index contributed by atoms with van der Waals surface area (Å²) in [6.07, 6.45) is 0. The predicted octanol–water partition coefficient (Wildman–Crippen LogP) is 5.39. The largest absolute Gasteiger partial charge is 0.465 e. The van der Waals surface area contributed by atoms with Gasteiger partial charge in [0.15, 0.2) is 0 Å². The zero-order valence-electron chi connectivity index (χ0n) is 17.8. The molecule has 9 heteroatoms. The number of nitrogens with one attached hydrogen (secondary N) is 1. The summed E-state index contributed by atoms with van der Waals surface area (Å²) in [4.78, 5) is 30.3. The SMILES string of the molecule is CCN1CCN(c2ccc(C(=O)OC)cc2NC(=O)c2sc3cc(Cl)ccc3c2Cl)CC1. The van der Waals surface area contributed by atoms with Crippen LogP contribution in [0.2, 0.25) is 10.0 Å². The number of rotatable bonds is 5. The molecule has 1 aliphatic heterocycles. The van der Waals surface area contributed by atoms with Gasteiger partial charge in [0, 0.05) is 41.3 Å². The molecule has 2 heterocycles. The molecular weight excluding hydrogens is 469 g/mol. The highest BCUT2D eigenvalue weighted by molar-refractivity contribution is 7.21. The van der Waals surface area contributed by atoms with Crippen LogP contribution in [0.1, 0.15) is 27.0 Å². The van der Waals surface area contributed by atoms with E-state index in [0.29, 0.717) is 26.2 Å². The number of piperazine rings is 1. The summed E-state index contributed by atoms with van der Waals surface area (Å²) in [6, 6.07) is 10.6. The maximum atomic E-state index is 13.2. The molecule has 0 atom stereocenters. The van der Waals surface area contributed by atoms with E-state index in [1.54, 1.807) is 24.3 Å². The number of halogens is 2. The van der Waals surface area contributed by atoms with Crippen LogP contribution >= 0.6 is 34.5 Å². The number of carbonyl (C=O) groups is 2. The van der Waals surface area contributed by atoms with Crippen LogP contribution in [0.25, 0.3) is 10.1 Å². The third-order valence-corrected chi connectivity index (χ3v) is 7.51. The first-order chi connectivity index (χ1) is 15.4. The fourth-order valence-electron chi connectivity index (χ4n) is 3.83. The lowest BCUT2D eigenvalue weighted by Crippen LogP contribution is -2.46. The van der Waals surface area contributed by atoms with Crippen LogP contribution in [0.15, 0.2) is 36.4 Å². The molecule has 0 bridgehead atoms. The molecule has 1 aromatic heterocycles. The minimum atomic E-state index is -0.461. The molecule has 32 heavy (non-hydrogen) atoms. The van der Waals surface area contributed by atoms with Crippen molar-refractivity contribution >= 4 is 67.9 Å². The summed E-state index contributed by atoms with van der Waals surface area (Å²) < 4.78 is 5.70. The van der Waals surface area contributed by atoms with E-state index in [4.69, 9.17) is 27.9 Å². The highest BCUT2D eigenvalue weighted by Crippen LogP contribution is 2.38. The minimum Gasteiger partial charge on any atom is -0.465 e. The Morgan fingerprint density at radius 1 is 1.09 bits per heavy atom. The van der Waals surface area contributed by atoms with E-state index < -0.39 is 5.97 Å². The number of hydrogen-bond donors (Lipinski definition) is 1. The number of hydrogen-bond acceptors (Lipinski definition) is 6. The Morgan fingerprint density at radius 2 is 1.84 bits per heavy atom. The van der Waals surface area contributed by atoms with E-state index in [1.807, 2.05) is 12.1 Å². The number of amides is 1. The molecule has 0 unspecified atom stereocenters. The summed E-state index contributed by atoms with van der Waals surface area (Å²) in [5.41, 5.74) is 1.78. The molecule has 0 aliphatic carbocycles. The molecule has 0 radical (unpaired) electrons. The molecule has 1 saturated heterocycles. The van der Waals surface area contributed by atoms with Crippen molar-refractivity contribution in [3.8, 4) is 0 Å². The molecule has 4 rings (SSSR count). The second kappa shape index (κ2) is 9.67.